The predicted molar refractivity (Wildman–Crippen MR) is 114 cm³/mol. The third-order valence-corrected chi connectivity index (χ3v) is 6.53. The van der Waals surface area contributed by atoms with E-state index in [0.29, 0.717) is 32.8 Å². The van der Waals surface area contributed by atoms with Crippen molar-refractivity contribution in [3.05, 3.63) is 53.6 Å². The fourth-order valence-corrected chi connectivity index (χ4v) is 4.71. The smallest absolute Gasteiger partial charge is 0.228 e. The fraction of sp³-hybridized carbons (Fsp3) is 0.565. The van der Waals surface area contributed by atoms with Gasteiger partial charge in [-0.2, -0.15) is 5.10 Å². The third kappa shape index (κ3) is 4.81. The molecule has 2 aliphatic rings. The minimum Gasteiger partial charge on any atom is -0.383 e. The third-order valence-electron chi connectivity index (χ3n) is 6.53. The van der Waals surface area contributed by atoms with Crippen molar-refractivity contribution in [2.24, 2.45) is 5.92 Å². The van der Waals surface area contributed by atoms with Gasteiger partial charge in [0.05, 0.1) is 31.3 Å². The second kappa shape index (κ2) is 9.46. The molecule has 31 heavy (non-hydrogen) atoms. The lowest BCUT2D eigenvalue weighted by Crippen LogP contribution is -2.47. The Hall–Kier alpha value is -2.29. The molecular weight excluding hydrogens is 399 g/mol. The zero-order valence-corrected chi connectivity index (χ0v) is 18.3. The van der Waals surface area contributed by atoms with Crippen LogP contribution in [0.5, 0.6) is 0 Å². The van der Waals surface area contributed by atoms with Crippen LogP contribution < -0.4 is 0 Å². The summed E-state index contributed by atoms with van der Waals surface area (Å²) in [5.74, 6) is -0.322. The number of piperidine rings is 1. The van der Waals surface area contributed by atoms with E-state index in [1.165, 1.54) is 6.07 Å². The van der Waals surface area contributed by atoms with E-state index in [9.17, 15) is 9.18 Å². The molecule has 7 nitrogen and oxygen atoms in total. The number of hydrogen-bond donors (Lipinski definition) is 0. The number of methoxy groups -OCH3 is 1. The van der Waals surface area contributed by atoms with Crippen LogP contribution in [-0.4, -0.2) is 72.4 Å². The molecule has 1 unspecified atom stereocenters. The molecule has 1 aromatic carbocycles. The Labute approximate surface area is 182 Å². The maximum atomic E-state index is 13.9. The molecular formula is C23H31FN4O3. The molecule has 3 heterocycles. The van der Waals surface area contributed by atoms with Crippen molar-refractivity contribution in [3.63, 3.8) is 0 Å². The number of aromatic nitrogens is 2. The molecule has 2 aliphatic heterocycles. The van der Waals surface area contributed by atoms with Gasteiger partial charge in [-0.15, -0.1) is 0 Å². The number of fused-ring (bicyclic) bond motifs is 2. The first kappa shape index (κ1) is 21.9. The van der Waals surface area contributed by atoms with E-state index < -0.39 is 5.60 Å². The summed E-state index contributed by atoms with van der Waals surface area (Å²) >= 11 is 0. The molecule has 0 saturated carbocycles. The van der Waals surface area contributed by atoms with Gasteiger partial charge in [0.1, 0.15) is 5.82 Å². The lowest BCUT2D eigenvalue weighted by molar-refractivity contribution is -0.136. The summed E-state index contributed by atoms with van der Waals surface area (Å²) in [6.45, 7) is 4.42. The summed E-state index contributed by atoms with van der Waals surface area (Å²) in [7, 11) is 3.46. The van der Waals surface area contributed by atoms with E-state index in [-0.39, 0.29) is 17.6 Å². The lowest BCUT2D eigenvalue weighted by Gasteiger charge is -2.40. The minimum atomic E-state index is -0.398. The van der Waals surface area contributed by atoms with Gasteiger partial charge in [0.15, 0.2) is 0 Å². The maximum absolute atomic E-state index is 13.9. The Morgan fingerprint density at radius 2 is 2.16 bits per heavy atom. The number of amides is 1. The predicted octanol–water partition coefficient (Wildman–Crippen LogP) is 2.26. The van der Waals surface area contributed by atoms with E-state index in [1.807, 2.05) is 30.1 Å². The number of nitrogens with zero attached hydrogens (tertiary/aromatic N) is 4. The van der Waals surface area contributed by atoms with Crippen LogP contribution in [0.2, 0.25) is 0 Å². The number of halogens is 1. The summed E-state index contributed by atoms with van der Waals surface area (Å²) in [5, 5.41) is 4.29. The largest absolute Gasteiger partial charge is 0.383 e. The molecule has 1 aromatic heterocycles. The van der Waals surface area contributed by atoms with Crippen molar-refractivity contribution in [1.82, 2.24) is 19.6 Å². The number of hydrogen-bond acceptors (Lipinski definition) is 5. The summed E-state index contributed by atoms with van der Waals surface area (Å²) in [6.07, 6.45) is 5.21. The van der Waals surface area contributed by atoms with Crippen LogP contribution in [0.15, 0.2) is 36.7 Å². The van der Waals surface area contributed by atoms with Crippen molar-refractivity contribution in [2.45, 2.75) is 31.6 Å². The summed E-state index contributed by atoms with van der Waals surface area (Å²) < 4.78 is 27.0. The Kier molecular flexibility index (Phi) is 6.69. The molecule has 1 spiro atoms. The number of carbonyl (C=O) groups is 1. The topological polar surface area (TPSA) is 59.8 Å². The second-order valence-electron chi connectivity index (χ2n) is 8.56. The maximum Gasteiger partial charge on any atom is 0.228 e. The Balaban J connectivity index is 1.42. The normalized spacial score (nSPS) is 18.8. The zero-order chi connectivity index (χ0) is 21.8. The molecule has 4 rings (SSSR count). The number of ether oxygens (including phenoxy) is 2. The molecule has 0 radical (unpaired) electrons. The van der Waals surface area contributed by atoms with Gasteiger partial charge in [0.25, 0.3) is 0 Å². The fourth-order valence-electron chi connectivity index (χ4n) is 4.71. The van der Waals surface area contributed by atoms with Crippen LogP contribution >= 0.6 is 0 Å². The van der Waals surface area contributed by atoms with Crippen LogP contribution in [0.4, 0.5) is 4.39 Å². The molecule has 0 aliphatic carbocycles. The van der Waals surface area contributed by atoms with Crippen LogP contribution in [0.1, 0.15) is 24.0 Å². The number of rotatable bonds is 8. The Morgan fingerprint density at radius 1 is 1.35 bits per heavy atom. The first-order chi connectivity index (χ1) is 15.0. The highest BCUT2D eigenvalue weighted by molar-refractivity contribution is 5.78. The Morgan fingerprint density at radius 3 is 2.87 bits per heavy atom. The minimum absolute atomic E-state index is 0.0948. The number of likely N-dealkylation sites (tertiary alicyclic amines) is 1. The molecule has 1 amide bonds. The molecule has 1 fully saturated rings. The summed E-state index contributed by atoms with van der Waals surface area (Å²) in [5.41, 5.74) is 1.68. The summed E-state index contributed by atoms with van der Waals surface area (Å²) in [4.78, 5) is 17.2. The molecule has 0 N–H and O–H groups in total. The molecule has 0 bridgehead atoms. The monoisotopic (exact) mass is 430 g/mol. The Bertz CT molecular complexity index is 881. The summed E-state index contributed by atoms with van der Waals surface area (Å²) in [6, 6.07) is 6.84. The SMILES string of the molecule is COCCN(C)C(=O)C(CN1CCC2(CC1)OCc1ccc(F)cc12)Cn1cccn1. The van der Waals surface area contributed by atoms with Gasteiger partial charge in [0.2, 0.25) is 5.91 Å². The highest BCUT2D eigenvalue weighted by Crippen LogP contribution is 2.44. The highest BCUT2D eigenvalue weighted by atomic mass is 19.1. The molecule has 1 atom stereocenters. The van der Waals surface area contributed by atoms with E-state index in [4.69, 9.17) is 9.47 Å². The first-order valence-electron chi connectivity index (χ1n) is 10.9. The molecule has 8 heteroatoms. The van der Waals surface area contributed by atoms with E-state index in [2.05, 4.69) is 10.00 Å². The van der Waals surface area contributed by atoms with Gasteiger partial charge in [0, 0.05) is 52.7 Å². The number of benzene rings is 1. The van der Waals surface area contributed by atoms with Crippen molar-refractivity contribution in [1.29, 1.82) is 0 Å². The zero-order valence-electron chi connectivity index (χ0n) is 18.3. The van der Waals surface area contributed by atoms with Gasteiger partial charge >= 0.3 is 0 Å². The van der Waals surface area contributed by atoms with E-state index >= 15 is 0 Å². The second-order valence-corrected chi connectivity index (χ2v) is 8.56. The highest BCUT2D eigenvalue weighted by Gasteiger charge is 2.43. The van der Waals surface area contributed by atoms with Crippen LogP contribution in [0.3, 0.4) is 0 Å². The number of likely N-dealkylation sites (N-methyl/N-ethyl adjacent to an activating group) is 1. The molecule has 2 aromatic rings. The van der Waals surface area contributed by atoms with Gasteiger partial charge in [-0.1, -0.05) is 6.07 Å². The lowest BCUT2D eigenvalue weighted by atomic mass is 9.83. The van der Waals surface area contributed by atoms with Crippen molar-refractivity contribution >= 4 is 5.91 Å². The van der Waals surface area contributed by atoms with Crippen molar-refractivity contribution in [3.8, 4) is 0 Å². The van der Waals surface area contributed by atoms with E-state index in [1.54, 1.807) is 24.3 Å². The van der Waals surface area contributed by atoms with Crippen LogP contribution in [0.25, 0.3) is 0 Å². The molecule has 1 saturated heterocycles. The van der Waals surface area contributed by atoms with Gasteiger partial charge in [-0.3, -0.25) is 9.48 Å². The van der Waals surface area contributed by atoms with Gasteiger partial charge < -0.3 is 19.3 Å². The average molecular weight is 431 g/mol. The van der Waals surface area contributed by atoms with Crippen molar-refractivity contribution < 1.29 is 18.7 Å². The quantitative estimate of drug-likeness (QED) is 0.643. The average Bonchev–Trinajstić information content (AvgIpc) is 3.41. The first-order valence-corrected chi connectivity index (χ1v) is 10.9. The van der Waals surface area contributed by atoms with Crippen LogP contribution in [-0.2, 0) is 33.0 Å². The molecule has 168 valence electrons. The van der Waals surface area contributed by atoms with E-state index in [0.717, 1.165) is 37.1 Å². The van der Waals surface area contributed by atoms with Gasteiger partial charge in [-0.05, 0) is 42.2 Å². The number of carbonyl (C=O) groups excluding carboxylic acids is 1. The van der Waals surface area contributed by atoms with Crippen LogP contribution in [0, 0.1) is 11.7 Å². The van der Waals surface area contributed by atoms with Crippen molar-refractivity contribution in [2.75, 3.05) is 46.9 Å². The standard InChI is InChI=1S/C23H31FN4O3/c1-26(12-13-30-2)22(29)19(16-28-9-3-8-25-28)15-27-10-6-23(7-11-27)21-14-20(24)5-4-18(21)17-31-23/h3-5,8-9,14,19H,6-7,10-13,15-17H2,1-2H3. The van der Waals surface area contributed by atoms with Gasteiger partial charge in [-0.25, -0.2) is 4.39 Å².